The summed E-state index contributed by atoms with van der Waals surface area (Å²) >= 11 is 0. The minimum atomic E-state index is 0.400. The van der Waals surface area contributed by atoms with E-state index in [0.717, 1.165) is 23.8 Å². The third-order valence-electron chi connectivity index (χ3n) is 3.78. The van der Waals surface area contributed by atoms with E-state index in [1.54, 1.807) is 7.11 Å². The van der Waals surface area contributed by atoms with Crippen molar-refractivity contribution in [3.8, 4) is 17.0 Å². The van der Waals surface area contributed by atoms with E-state index in [9.17, 15) is 0 Å². The molecule has 2 aromatic rings. The molecular formula is C15H19N3O. The summed E-state index contributed by atoms with van der Waals surface area (Å²) in [7, 11) is 3.77. The van der Waals surface area contributed by atoms with Crippen LogP contribution in [0.2, 0.25) is 0 Å². The van der Waals surface area contributed by atoms with Gasteiger partial charge < -0.3 is 14.6 Å². The maximum atomic E-state index is 5.19. The molecule has 2 heterocycles. The second kappa shape index (κ2) is 5.05. The van der Waals surface area contributed by atoms with Crippen LogP contribution >= 0.6 is 0 Å². The van der Waals surface area contributed by atoms with Crippen molar-refractivity contribution in [2.75, 3.05) is 13.7 Å². The quantitative estimate of drug-likeness (QED) is 0.918. The van der Waals surface area contributed by atoms with E-state index in [4.69, 9.17) is 4.74 Å². The van der Waals surface area contributed by atoms with Crippen LogP contribution in [0.25, 0.3) is 11.3 Å². The minimum Gasteiger partial charge on any atom is -0.497 e. The summed E-state index contributed by atoms with van der Waals surface area (Å²) in [5.41, 5.74) is 2.31. The van der Waals surface area contributed by atoms with Gasteiger partial charge >= 0.3 is 0 Å². The average molecular weight is 257 g/mol. The van der Waals surface area contributed by atoms with E-state index in [2.05, 4.69) is 34.0 Å². The van der Waals surface area contributed by atoms with Crippen molar-refractivity contribution in [2.45, 2.75) is 18.9 Å². The van der Waals surface area contributed by atoms with Crippen LogP contribution in [-0.2, 0) is 7.05 Å². The van der Waals surface area contributed by atoms with E-state index in [-0.39, 0.29) is 0 Å². The van der Waals surface area contributed by atoms with Gasteiger partial charge in [-0.05, 0) is 43.7 Å². The minimum absolute atomic E-state index is 0.400. The van der Waals surface area contributed by atoms with Gasteiger partial charge in [0.05, 0.1) is 25.0 Å². The molecule has 19 heavy (non-hydrogen) atoms. The first-order valence-electron chi connectivity index (χ1n) is 6.69. The smallest absolute Gasteiger partial charge is 0.126 e. The molecule has 1 saturated heterocycles. The maximum Gasteiger partial charge on any atom is 0.126 e. The highest BCUT2D eigenvalue weighted by atomic mass is 16.5. The molecule has 1 aromatic carbocycles. The lowest BCUT2D eigenvalue weighted by Crippen LogP contribution is -2.17. The van der Waals surface area contributed by atoms with Crippen LogP contribution in [0.3, 0.4) is 0 Å². The summed E-state index contributed by atoms with van der Waals surface area (Å²) in [5.74, 6) is 2.01. The molecule has 1 aliphatic heterocycles. The zero-order valence-electron chi connectivity index (χ0n) is 11.4. The van der Waals surface area contributed by atoms with E-state index < -0.39 is 0 Å². The third kappa shape index (κ3) is 2.24. The first kappa shape index (κ1) is 12.2. The molecule has 0 aliphatic carbocycles. The Balaban J connectivity index is 1.92. The maximum absolute atomic E-state index is 5.19. The molecule has 0 spiro atoms. The molecule has 100 valence electrons. The lowest BCUT2D eigenvalue weighted by molar-refractivity contribution is 0.415. The molecule has 1 N–H and O–H groups in total. The second-order valence-electron chi connectivity index (χ2n) is 4.94. The lowest BCUT2D eigenvalue weighted by atomic mass is 10.1. The van der Waals surface area contributed by atoms with Crippen molar-refractivity contribution in [1.82, 2.24) is 14.9 Å². The molecule has 0 saturated carbocycles. The number of hydrogen-bond acceptors (Lipinski definition) is 3. The van der Waals surface area contributed by atoms with Gasteiger partial charge in [-0.25, -0.2) is 4.98 Å². The zero-order valence-corrected chi connectivity index (χ0v) is 11.4. The molecule has 0 amide bonds. The topological polar surface area (TPSA) is 39.1 Å². The predicted octanol–water partition coefficient (Wildman–Crippen LogP) is 2.52. The van der Waals surface area contributed by atoms with E-state index in [0.29, 0.717) is 6.04 Å². The van der Waals surface area contributed by atoms with Crippen molar-refractivity contribution >= 4 is 0 Å². The van der Waals surface area contributed by atoms with Gasteiger partial charge in [0.2, 0.25) is 0 Å². The zero-order chi connectivity index (χ0) is 13.2. The number of nitrogens with one attached hydrogen (secondary N) is 1. The van der Waals surface area contributed by atoms with Gasteiger partial charge in [0, 0.05) is 12.6 Å². The van der Waals surface area contributed by atoms with Gasteiger partial charge in [0.25, 0.3) is 0 Å². The Morgan fingerprint density at radius 3 is 2.74 bits per heavy atom. The number of imidazole rings is 1. The van der Waals surface area contributed by atoms with Gasteiger partial charge in [-0.2, -0.15) is 0 Å². The molecule has 1 aromatic heterocycles. The molecule has 4 nitrogen and oxygen atoms in total. The van der Waals surface area contributed by atoms with E-state index in [1.807, 2.05) is 18.3 Å². The Morgan fingerprint density at radius 1 is 1.32 bits per heavy atom. The second-order valence-corrected chi connectivity index (χ2v) is 4.94. The number of aromatic nitrogens is 2. The highest BCUT2D eigenvalue weighted by Gasteiger charge is 2.21. The Morgan fingerprint density at radius 2 is 2.11 bits per heavy atom. The molecule has 1 fully saturated rings. The number of methoxy groups -OCH3 is 1. The summed E-state index contributed by atoms with van der Waals surface area (Å²) in [5, 5.41) is 3.49. The summed E-state index contributed by atoms with van der Waals surface area (Å²) < 4.78 is 7.37. The Kier molecular flexibility index (Phi) is 3.25. The van der Waals surface area contributed by atoms with Crippen LogP contribution in [0.4, 0.5) is 0 Å². The van der Waals surface area contributed by atoms with Crippen LogP contribution in [0.1, 0.15) is 24.7 Å². The van der Waals surface area contributed by atoms with Gasteiger partial charge in [0.1, 0.15) is 11.6 Å². The normalized spacial score (nSPS) is 18.7. The first-order chi connectivity index (χ1) is 9.29. The number of nitrogens with zero attached hydrogens (tertiary/aromatic N) is 2. The van der Waals surface area contributed by atoms with Crippen LogP contribution in [0, 0.1) is 0 Å². The number of benzene rings is 1. The van der Waals surface area contributed by atoms with Gasteiger partial charge in [0.15, 0.2) is 0 Å². The Hall–Kier alpha value is -1.81. The molecule has 3 rings (SSSR count). The third-order valence-corrected chi connectivity index (χ3v) is 3.78. The molecule has 4 heteroatoms. The fourth-order valence-corrected chi connectivity index (χ4v) is 2.68. The average Bonchev–Trinajstić information content (AvgIpc) is 3.08. The van der Waals surface area contributed by atoms with Gasteiger partial charge in [-0.15, -0.1) is 0 Å². The predicted molar refractivity (Wildman–Crippen MR) is 75.2 cm³/mol. The lowest BCUT2D eigenvalue weighted by Gasteiger charge is -2.12. The van der Waals surface area contributed by atoms with Crippen LogP contribution < -0.4 is 10.1 Å². The van der Waals surface area contributed by atoms with Crippen LogP contribution in [0.5, 0.6) is 5.75 Å². The molecule has 0 bridgehead atoms. The van der Waals surface area contributed by atoms with Crippen molar-refractivity contribution in [1.29, 1.82) is 0 Å². The SMILES string of the molecule is COc1ccc(-c2cnc(C3CCCN3)n2C)cc1. The number of hydrogen-bond donors (Lipinski definition) is 1. The summed E-state index contributed by atoms with van der Waals surface area (Å²) in [4.78, 5) is 4.59. The van der Waals surface area contributed by atoms with Crippen LogP contribution in [-0.4, -0.2) is 23.2 Å². The molecule has 1 aliphatic rings. The number of rotatable bonds is 3. The Labute approximate surface area is 113 Å². The van der Waals surface area contributed by atoms with Crippen molar-refractivity contribution in [2.24, 2.45) is 7.05 Å². The summed E-state index contributed by atoms with van der Waals surface area (Å²) in [6.45, 7) is 1.09. The van der Waals surface area contributed by atoms with Gasteiger partial charge in [-0.3, -0.25) is 0 Å². The van der Waals surface area contributed by atoms with Gasteiger partial charge in [-0.1, -0.05) is 0 Å². The largest absolute Gasteiger partial charge is 0.497 e. The monoisotopic (exact) mass is 257 g/mol. The standard InChI is InChI=1S/C15H19N3O/c1-18-14(11-5-7-12(19-2)8-6-11)10-17-15(18)13-4-3-9-16-13/h5-8,10,13,16H,3-4,9H2,1-2H3. The highest BCUT2D eigenvalue weighted by Crippen LogP contribution is 2.27. The molecule has 1 atom stereocenters. The molecule has 1 unspecified atom stereocenters. The number of ether oxygens (including phenoxy) is 1. The van der Waals surface area contributed by atoms with E-state index in [1.165, 1.54) is 18.4 Å². The highest BCUT2D eigenvalue weighted by molar-refractivity contribution is 5.60. The summed E-state index contributed by atoms with van der Waals surface area (Å²) in [6, 6.07) is 8.51. The summed E-state index contributed by atoms with van der Waals surface area (Å²) in [6.07, 6.45) is 4.36. The fraction of sp³-hybridized carbons (Fsp3) is 0.400. The van der Waals surface area contributed by atoms with Crippen molar-refractivity contribution in [3.05, 3.63) is 36.3 Å². The van der Waals surface area contributed by atoms with E-state index >= 15 is 0 Å². The Bertz CT molecular complexity index is 553. The van der Waals surface area contributed by atoms with Crippen molar-refractivity contribution < 1.29 is 4.74 Å². The first-order valence-corrected chi connectivity index (χ1v) is 6.69. The fourth-order valence-electron chi connectivity index (χ4n) is 2.68. The van der Waals surface area contributed by atoms with Crippen LogP contribution in [0.15, 0.2) is 30.5 Å². The molecular weight excluding hydrogens is 238 g/mol. The van der Waals surface area contributed by atoms with Crippen molar-refractivity contribution in [3.63, 3.8) is 0 Å². The molecule has 0 radical (unpaired) electrons.